The molecule has 3 rings (SSSR count). The van der Waals surface area contributed by atoms with Crippen LogP contribution in [0, 0.1) is 5.92 Å². The van der Waals surface area contributed by atoms with Gasteiger partial charge < -0.3 is 10.6 Å². The monoisotopic (exact) mass is 422 g/mol. The van der Waals surface area contributed by atoms with Gasteiger partial charge in [-0.25, -0.2) is 4.98 Å². The molecule has 3 aromatic rings. The Morgan fingerprint density at radius 2 is 1.70 bits per heavy atom. The molecule has 2 heterocycles. The Bertz CT molecular complexity index is 973. The molecule has 156 valence electrons. The summed E-state index contributed by atoms with van der Waals surface area (Å²) in [6.07, 6.45) is 3.70. The first-order valence-corrected chi connectivity index (χ1v) is 10.8. The number of rotatable bonds is 8. The van der Waals surface area contributed by atoms with Crippen molar-refractivity contribution in [2.24, 2.45) is 5.92 Å². The highest BCUT2D eigenvalue weighted by Crippen LogP contribution is 2.25. The number of carbonyl (C=O) groups is 2. The first kappa shape index (κ1) is 21.6. The molecule has 0 saturated carbocycles. The van der Waals surface area contributed by atoms with Crippen molar-refractivity contribution < 1.29 is 9.59 Å². The molecule has 2 N–H and O–H groups in total. The highest BCUT2D eigenvalue weighted by atomic mass is 32.1. The summed E-state index contributed by atoms with van der Waals surface area (Å²) in [6.45, 7) is 5.74. The molecule has 0 spiro atoms. The number of hydrogen-bond donors (Lipinski definition) is 2. The van der Waals surface area contributed by atoms with E-state index in [0.29, 0.717) is 0 Å². The van der Waals surface area contributed by atoms with Gasteiger partial charge in [-0.15, -0.1) is 11.3 Å². The molecule has 0 radical (unpaired) electrons. The van der Waals surface area contributed by atoms with Crippen molar-refractivity contribution >= 4 is 23.2 Å². The summed E-state index contributed by atoms with van der Waals surface area (Å²) in [5.41, 5.74) is 2.76. The number of benzene rings is 1. The predicted octanol–water partition coefficient (Wildman–Crippen LogP) is 3.77. The second kappa shape index (κ2) is 10.1. The van der Waals surface area contributed by atoms with Gasteiger partial charge in [0.25, 0.3) is 0 Å². The number of hydrogen-bond acceptors (Lipinski definition) is 5. The van der Waals surface area contributed by atoms with E-state index in [4.69, 9.17) is 0 Å². The van der Waals surface area contributed by atoms with E-state index >= 15 is 0 Å². The Labute approximate surface area is 180 Å². The highest BCUT2D eigenvalue weighted by molar-refractivity contribution is 7.10. The summed E-state index contributed by atoms with van der Waals surface area (Å²) in [5.74, 6) is -0.419. The molecular weight excluding hydrogens is 396 g/mol. The first-order valence-electron chi connectivity index (χ1n) is 9.93. The van der Waals surface area contributed by atoms with Crippen molar-refractivity contribution in [3.8, 4) is 11.3 Å². The molecule has 1 aromatic carbocycles. The van der Waals surface area contributed by atoms with Crippen LogP contribution in [0.3, 0.4) is 0 Å². The minimum absolute atomic E-state index is 0.0411. The fraction of sp³-hybridized carbons (Fsp3) is 0.304. The van der Waals surface area contributed by atoms with Gasteiger partial charge >= 0.3 is 0 Å². The van der Waals surface area contributed by atoms with Gasteiger partial charge in [0.05, 0.1) is 18.2 Å². The fourth-order valence-electron chi connectivity index (χ4n) is 3.05. The predicted molar refractivity (Wildman–Crippen MR) is 119 cm³/mol. The van der Waals surface area contributed by atoms with Crippen molar-refractivity contribution in [2.75, 3.05) is 0 Å². The molecule has 2 unspecified atom stereocenters. The summed E-state index contributed by atoms with van der Waals surface area (Å²) >= 11 is 1.50. The van der Waals surface area contributed by atoms with E-state index in [9.17, 15) is 9.59 Å². The first-order chi connectivity index (χ1) is 14.4. The maximum atomic E-state index is 12.9. The van der Waals surface area contributed by atoms with Crippen LogP contribution in [0.15, 0.2) is 60.2 Å². The zero-order valence-electron chi connectivity index (χ0n) is 17.3. The van der Waals surface area contributed by atoms with E-state index in [0.717, 1.165) is 21.8 Å². The maximum absolute atomic E-state index is 12.9. The quantitative estimate of drug-likeness (QED) is 0.579. The van der Waals surface area contributed by atoms with Crippen LogP contribution >= 0.6 is 11.3 Å². The van der Waals surface area contributed by atoms with Gasteiger partial charge in [-0.2, -0.15) is 0 Å². The lowest BCUT2D eigenvalue weighted by Crippen LogP contribution is -2.50. The number of pyridine rings is 1. The zero-order chi connectivity index (χ0) is 21.5. The summed E-state index contributed by atoms with van der Waals surface area (Å²) in [7, 11) is 0. The Hall–Kier alpha value is -3.06. The molecule has 0 aliphatic carbocycles. The molecule has 0 bridgehead atoms. The molecule has 2 amide bonds. The molecule has 0 aliphatic heterocycles. The smallest absolute Gasteiger partial charge is 0.243 e. The van der Waals surface area contributed by atoms with Crippen LogP contribution in [0.2, 0.25) is 0 Å². The van der Waals surface area contributed by atoms with E-state index in [-0.39, 0.29) is 30.2 Å². The average Bonchev–Trinajstić information content (AvgIpc) is 3.23. The van der Waals surface area contributed by atoms with Crippen molar-refractivity contribution in [2.45, 2.75) is 39.3 Å². The Balaban J connectivity index is 1.62. The van der Waals surface area contributed by atoms with Gasteiger partial charge in [0.15, 0.2) is 0 Å². The van der Waals surface area contributed by atoms with E-state index in [1.165, 1.54) is 11.3 Å². The third-order valence-corrected chi connectivity index (χ3v) is 5.73. The van der Waals surface area contributed by atoms with Crippen molar-refractivity contribution in [1.82, 2.24) is 20.6 Å². The third-order valence-electron chi connectivity index (χ3n) is 4.70. The Kier molecular flexibility index (Phi) is 7.30. The topological polar surface area (TPSA) is 84.0 Å². The van der Waals surface area contributed by atoms with Crippen LogP contribution in [-0.4, -0.2) is 27.8 Å². The maximum Gasteiger partial charge on any atom is 0.243 e. The molecule has 30 heavy (non-hydrogen) atoms. The lowest BCUT2D eigenvalue weighted by atomic mass is 10.0. The molecule has 0 fully saturated rings. The largest absolute Gasteiger partial charge is 0.345 e. The second-order valence-electron chi connectivity index (χ2n) is 7.49. The van der Waals surface area contributed by atoms with Crippen LogP contribution in [0.4, 0.5) is 0 Å². The summed E-state index contributed by atoms with van der Waals surface area (Å²) in [6, 6.07) is 12.4. The van der Waals surface area contributed by atoms with Crippen molar-refractivity contribution in [1.29, 1.82) is 0 Å². The lowest BCUT2D eigenvalue weighted by Gasteiger charge is -2.23. The number of thiazole rings is 1. The van der Waals surface area contributed by atoms with Crippen LogP contribution in [0.1, 0.15) is 37.4 Å². The molecule has 2 atom stereocenters. The number of amides is 2. The SMILES string of the molecule is CC(NC(=O)C(NC(=O)Cc1ccccc1)C(C)C)c1nc(-c2ccncc2)cs1. The zero-order valence-corrected chi connectivity index (χ0v) is 18.1. The number of carbonyl (C=O) groups excluding carboxylic acids is 2. The van der Waals surface area contributed by atoms with Gasteiger partial charge in [-0.1, -0.05) is 44.2 Å². The van der Waals surface area contributed by atoms with Crippen LogP contribution < -0.4 is 10.6 Å². The standard InChI is InChI=1S/C23H26N4O2S/c1-15(2)21(27-20(28)13-17-7-5-4-6-8-17)22(29)25-16(3)23-26-19(14-30-23)18-9-11-24-12-10-18/h4-12,14-16,21H,13H2,1-3H3,(H,25,29)(H,27,28). The number of nitrogens with zero attached hydrogens (tertiary/aromatic N) is 2. The summed E-state index contributed by atoms with van der Waals surface area (Å²) in [5, 5.41) is 8.65. The summed E-state index contributed by atoms with van der Waals surface area (Å²) < 4.78 is 0. The minimum Gasteiger partial charge on any atom is -0.345 e. The molecule has 7 heteroatoms. The Morgan fingerprint density at radius 3 is 2.37 bits per heavy atom. The van der Waals surface area contributed by atoms with E-state index in [2.05, 4.69) is 20.6 Å². The fourth-order valence-corrected chi connectivity index (χ4v) is 3.88. The van der Waals surface area contributed by atoms with Gasteiger partial charge in [0.2, 0.25) is 11.8 Å². The van der Waals surface area contributed by atoms with Crippen LogP contribution in [0.25, 0.3) is 11.3 Å². The summed E-state index contributed by atoms with van der Waals surface area (Å²) in [4.78, 5) is 34.0. The van der Waals surface area contributed by atoms with Crippen LogP contribution in [-0.2, 0) is 16.0 Å². The molecule has 6 nitrogen and oxygen atoms in total. The van der Waals surface area contributed by atoms with Crippen molar-refractivity contribution in [3.05, 3.63) is 70.8 Å². The molecular formula is C23H26N4O2S. The highest BCUT2D eigenvalue weighted by Gasteiger charge is 2.26. The lowest BCUT2D eigenvalue weighted by molar-refractivity contribution is -0.130. The van der Waals surface area contributed by atoms with Crippen molar-refractivity contribution in [3.63, 3.8) is 0 Å². The van der Waals surface area contributed by atoms with Gasteiger partial charge in [-0.3, -0.25) is 14.6 Å². The van der Waals surface area contributed by atoms with E-state index in [1.807, 2.05) is 68.6 Å². The van der Waals surface area contributed by atoms with Gasteiger partial charge in [0, 0.05) is 23.3 Å². The normalized spacial score (nSPS) is 12.9. The van der Waals surface area contributed by atoms with E-state index in [1.54, 1.807) is 12.4 Å². The number of nitrogens with one attached hydrogen (secondary N) is 2. The molecule has 0 aliphatic rings. The van der Waals surface area contributed by atoms with Crippen LogP contribution in [0.5, 0.6) is 0 Å². The Morgan fingerprint density at radius 1 is 1.00 bits per heavy atom. The van der Waals surface area contributed by atoms with E-state index < -0.39 is 6.04 Å². The van der Waals surface area contributed by atoms with Gasteiger partial charge in [0.1, 0.15) is 11.0 Å². The molecule has 0 saturated heterocycles. The van der Waals surface area contributed by atoms with Gasteiger partial charge in [-0.05, 0) is 30.5 Å². The minimum atomic E-state index is -0.608. The average molecular weight is 423 g/mol. The number of aromatic nitrogens is 2. The third kappa shape index (κ3) is 5.73. The second-order valence-corrected chi connectivity index (χ2v) is 8.38. The molecule has 2 aromatic heterocycles.